The summed E-state index contributed by atoms with van der Waals surface area (Å²) in [6, 6.07) is 3.62. The Morgan fingerprint density at radius 1 is 1.35 bits per heavy atom. The van der Waals surface area contributed by atoms with Crippen LogP contribution in [0.4, 0.5) is 4.79 Å². The van der Waals surface area contributed by atoms with Crippen molar-refractivity contribution in [2.75, 3.05) is 14.2 Å². The Morgan fingerprint density at radius 2 is 1.94 bits per heavy atom. The molecule has 0 atom stereocenters. The SMILES string of the molecule is COC(=O)N/N=C/c1cc(Br)c(OC)c(Br)c1. The molecule has 0 unspecified atom stereocenters. The van der Waals surface area contributed by atoms with E-state index in [1.165, 1.54) is 13.3 Å². The number of hydrazone groups is 1. The van der Waals surface area contributed by atoms with Crippen molar-refractivity contribution in [1.82, 2.24) is 5.43 Å². The van der Waals surface area contributed by atoms with Crippen molar-refractivity contribution in [2.24, 2.45) is 5.10 Å². The number of nitrogens with zero attached hydrogens (tertiary/aromatic N) is 1. The van der Waals surface area contributed by atoms with E-state index in [4.69, 9.17) is 4.74 Å². The van der Waals surface area contributed by atoms with Gasteiger partial charge >= 0.3 is 6.09 Å². The molecule has 0 aliphatic rings. The van der Waals surface area contributed by atoms with Crippen molar-refractivity contribution >= 4 is 44.2 Å². The number of carbonyl (C=O) groups is 1. The number of amides is 1. The number of ether oxygens (including phenoxy) is 2. The molecule has 0 aromatic heterocycles. The van der Waals surface area contributed by atoms with Gasteiger partial charge in [-0.3, -0.25) is 0 Å². The van der Waals surface area contributed by atoms with Crippen LogP contribution in [0.25, 0.3) is 0 Å². The average Bonchev–Trinajstić information content (AvgIpc) is 2.28. The molecular formula is C10H10Br2N2O3. The van der Waals surface area contributed by atoms with E-state index in [9.17, 15) is 4.79 Å². The maximum atomic E-state index is 10.8. The van der Waals surface area contributed by atoms with Crippen LogP contribution in [0, 0.1) is 0 Å². The van der Waals surface area contributed by atoms with Gasteiger partial charge in [-0.2, -0.15) is 5.10 Å². The first-order valence-corrected chi connectivity index (χ1v) is 6.07. The molecule has 1 amide bonds. The molecule has 1 aromatic rings. The van der Waals surface area contributed by atoms with Crippen molar-refractivity contribution in [3.63, 3.8) is 0 Å². The van der Waals surface area contributed by atoms with Gasteiger partial charge in [-0.15, -0.1) is 0 Å². The summed E-state index contributed by atoms with van der Waals surface area (Å²) < 4.78 is 11.1. The molecular weight excluding hydrogens is 356 g/mol. The molecule has 0 spiro atoms. The molecule has 0 radical (unpaired) electrons. The molecule has 0 fully saturated rings. The zero-order valence-electron chi connectivity index (χ0n) is 9.16. The summed E-state index contributed by atoms with van der Waals surface area (Å²) in [6.45, 7) is 0. The first-order chi connectivity index (χ1) is 8.08. The van der Waals surface area contributed by atoms with Gasteiger partial charge in [0, 0.05) is 0 Å². The standard InChI is InChI=1S/C10H10Br2N2O3/c1-16-9-7(11)3-6(4-8(9)12)5-13-14-10(15)17-2/h3-5H,1-2H3,(H,14,15)/b13-5+. The van der Waals surface area contributed by atoms with Crippen LogP contribution in [0.3, 0.4) is 0 Å². The van der Waals surface area contributed by atoms with Crippen LogP contribution < -0.4 is 10.2 Å². The van der Waals surface area contributed by atoms with Gasteiger partial charge in [0.25, 0.3) is 0 Å². The van der Waals surface area contributed by atoms with E-state index in [-0.39, 0.29) is 0 Å². The Kier molecular flexibility index (Phi) is 5.43. The summed E-state index contributed by atoms with van der Waals surface area (Å²) in [5.41, 5.74) is 2.99. The predicted molar refractivity (Wildman–Crippen MR) is 71.5 cm³/mol. The summed E-state index contributed by atoms with van der Waals surface area (Å²) >= 11 is 6.73. The molecule has 7 heteroatoms. The number of hydrogen-bond donors (Lipinski definition) is 1. The van der Waals surface area contributed by atoms with Gasteiger partial charge in [-0.25, -0.2) is 10.2 Å². The highest BCUT2D eigenvalue weighted by atomic mass is 79.9. The molecule has 1 rings (SSSR count). The zero-order valence-corrected chi connectivity index (χ0v) is 12.3. The first-order valence-electron chi connectivity index (χ1n) is 4.48. The minimum absolute atomic E-state index is 0.618. The lowest BCUT2D eigenvalue weighted by atomic mass is 10.2. The van der Waals surface area contributed by atoms with Crippen LogP contribution in [0.15, 0.2) is 26.2 Å². The third-order valence-electron chi connectivity index (χ3n) is 1.78. The lowest BCUT2D eigenvalue weighted by Crippen LogP contribution is -2.16. The van der Waals surface area contributed by atoms with Gasteiger partial charge < -0.3 is 9.47 Å². The summed E-state index contributed by atoms with van der Waals surface area (Å²) in [5.74, 6) is 0.697. The number of carbonyl (C=O) groups excluding carboxylic acids is 1. The van der Waals surface area contributed by atoms with Gasteiger partial charge in [0.2, 0.25) is 0 Å². The molecule has 0 bridgehead atoms. The maximum absolute atomic E-state index is 10.8. The highest BCUT2D eigenvalue weighted by molar-refractivity contribution is 9.11. The van der Waals surface area contributed by atoms with Crippen molar-refractivity contribution in [3.8, 4) is 5.75 Å². The van der Waals surface area contributed by atoms with Crippen LogP contribution in [-0.4, -0.2) is 26.5 Å². The van der Waals surface area contributed by atoms with E-state index in [1.807, 2.05) is 12.1 Å². The Labute approximate surface area is 115 Å². The maximum Gasteiger partial charge on any atom is 0.427 e. The van der Waals surface area contributed by atoms with Crippen LogP contribution in [0.2, 0.25) is 0 Å². The fraction of sp³-hybridized carbons (Fsp3) is 0.200. The van der Waals surface area contributed by atoms with Crippen LogP contribution in [-0.2, 0) is 4.74 Å². The minimum atomic E-state index is -0.618. The van der Waals surface area contributed by atoms with E-state index >= 15 is 0 Å². The van der Waals surface area contributed by atoms with E-state index < -0.39 is 6.09 Å². The highest BCUT2D eigenvalue weighted by Gasteiger charge is 2.06. The molecule has 0 saturated heterocycles. The van der Waals surface area contributed by atoms with E-state index in [2.05, 4.69) is 47.1 Å². The van der Waals surface area contributed by atoms with Crippen molar-refractivity contribution in [1.29, 1.82) is 0 Å². The molecule has 92 valence electrons. The number of methoxy groups -OCH3 is 2. The summed E-state index contributed by atoms with van der Waals surface area (Å²) in [4.78, 5) is 10.8. The Morgan fingerprint density at radius 3 is 2.41 bits per heavy atom. The second-order valence-corrected chi connectivity index (χ2v) is 4.59. The van der Waals surface area contributed by atoms with E-state index in [0.29, 0.717) is 5.75 Å². The van der Waals surface area contributed by atoms with Crippen molar-refractivity contribution in [2.45, 2.75) is 0 Å². The van der Waals surface area contributed by atoms with Crippen LogP contribution in [0.5, 0.6) is 5.75 Å². The van der Waals surface area contributed by atoms with Crippen LogP contribution >= 0.6 is 31.9 Å². The molecule has 5 nitrogen and oxygen atoms in total. The second kappa shape index (κ2) is 6.61. The predicted octanol–water partition coefficient (Wildman–Crippen LogP) is 2.91. The summed E-state index contributed by atoms with van der Waals surface area (Å²) in [6.07, 6.45) is 0.874. The molecule has 0 heterocycles. The van der Waals surface area contributed by atoms with Crippen molar-refractivity contribution in [3.05, 3.63) is 26.6 Å². The number of benzene rings is 1. The van der Waals surface area contributed by atoms with Gasteiger partial charge in [-0.05, 0) is 49.6 Å². The van der Waals surface area contributed by atoms with Crippen LogP contribution in [0.1, 0.15) is 5.56 Å². The lowest BCUT2D eigenvalue weighted by molar-refractivity contribution is 0.171. The largest absolute Gasteiger partial charge is 0.494 e. The van der Waals surface area contributed by atoms with Gasteiger partial charge in [0.1, 0.15) is 5.75 Å². The van der Waals surface area contributed by atoms with Gasteiger partial charge in [0.15, 0.2) is 0 Å². The third-order valence-corrected chi connectivity index (χ3v) is 2.96. The smallest absolute Gasteiger partial charge is 0.427 e. The lowest BCUT2D eigenvalue weighted by Gasteiger charge is -2.06. The first kappa shape index (κ1) is 14.0. The number of rotatable bonds is 3. The molecule has 1 aromatic carbocycles. The fourth-order valence-corrected chi connectivity index (χ4v) is 2.60. The molecule has 1 N–H and O–H groups in total. The number of hydrogen-bond acceptors (Lipinski definition) is 4. The normalized spacial score (nSPS) is 10.4. The number of halogens is 2. The summed E-state index contributed by atoms with van der Waals surface area (Å²) in [5, 5.41) is 3.72. The second-order valence-electron chi connectivity index (χ2n) is 2.88. The third kappa shape index (κ3) is 4.01. The monoisotopic (exact) mass is 364 g/mol. The molecule has 0 aliphatic heterocycles. The summed E-state index contributed by atoms with van der Waals surface area (Å²) in [7, 11) is 2.85. The zero-order chi connectivity index (χ0) is 12.8. The molecule has 0 aliphatic carbocycles. The Balaban J connectivity index is 2.83. The molecule has 17 heavy (non-hydrogen) atoms. The fourth-order valence-electron chi connectivity index (χ4n) is 1.05. The Bertz CT molecular complexity index is 426. The number of nitrogens with one attached hydrogen (secondary N) is 1. The topological polar surface area (TPSA) is 59.9 Å². The van der Waals surface area contributed by atoms with Gasteiger partial charge in [0.05, 0.1) is 29.4 Å². The van der Waals surface area contributed by atoms with E-state index in [0.717, 1.165) is 14.5 Å². The van der Waals surface area contributed by atoms with Crippen molar-refractivity contribution < 1.29 is 14.3 Å². The molecule has 0 saturated carbocycles. The highest BCUT2D eigenvalue weighted by Crippen LogP contribution is 2.33. The van der Waals surface area contributed by atoms with Gasteiger partial charge in [-0.1, -0.05) is 0 Å². The quantitative estimate of drug-likeness (QED) is 0.661. The Hall–Kier alpha value is -1.08. The average molecular weight is 366 g/mol. The van der Waals surface area contributed by atoms with E-state index in [1.54, 1.807) is 7.11 Å². The minimum Gasteiger partial charge on any atom is -0.494 e.